The van der Waals surface area contributed by atoms with Gasteiger partial charge in [0, 0.05) is 11.0 Å². The molecule has 0 fully saturated rings. The van der Waals surface area contributed by atoms with E-state index >= 15 is 0 Å². The van der Waals surface area contributed by atoms with Crippen molar-refractivity contribution in [3.63, 3.8) is 0 Å². The smallest absolute Gasteiger partial charge is 0.322 e. The number of benzene rings is 2. The Balaban J connectivity index is 1.34. The SMILES string of the molecule is CSc1ccc(Cc2nnc(NC(=O)C=Cc3ccc4c(c3)OCO4)o2)cc1. The highest BCUT2D eigenvalue weighted by molar-refractivity contribution is 7.98. The van der Waals surface area contributed by atoms with Gasteiger partial charge in [0.25, 0.3) is 5.91 Å². The van der Waals surface area contributed by atoms with Crippen LogP contribution in [0.2, 0.25) is 0 Å². The molecule has 1 aliphatic rings. The molecule has 0 saturated carbocycles. The summed E-state index contributed by atoms with van der Waals surface area (Å²) in [5.41, 5.74) is 1.88. The van der Waals surface area contributed by atoms with Gasteiger partial charge in [-0.3, -0.25) is 10.1 Å². The Kier molecular flexibility index (Phi) is 5.29. The molecule has 1 aromatic heterocycles. The lowest BCUT2D eigenvalue weighted by atomic mass is 10.1. The van der Waals surface area contributed by atoms with Crippen molar-refractivity contribution in [2.75, 3.05) is 18.4 Å². The second-order valence-electron chi connectivity index (χ2n) is 5.96. The van der Waals surface area contributed by atoms with E-state index in [2.05, 4.69) is 15.5 Å². The highest BCUT2D eigenvalue weighted by Gasteiger charge is 2.13. The van der Waals surface area contributed by atoms with Gasteiger partial charge in [0.2, 0.25) is 12.7 Å². The number of nitrogens with one attached hydrogen (secondary N) is 1. The van der Waals surface area contributed by atoms with Crippen LogP contribution in [0.25, 0.3) is 6.08 Å². The van der Waals surface area contributed by atoms with E-state index in [0.29, 0.717) is 23.8 Å². The Labute approximate surface area is 165 Å². The summed E-state index contributed by atoms with van der Waals surface area (Å²) in [6.07, 6.45) is 5.60. The molecule has 0 bridgehead atoms. The van der Waals surface area contributed by atoms with E-state index in [-0.39, 0.29) is 18.7 Å². The molecule has 3 aromatic rings. The number of amides is 1. The molecule has 1 N–H and O–H groups in total. The van der Waals surface area contributed by atoms with Gasteiger partial charge in [-0.1, -0.05) is 23.3 Å². The van der Waals surface area contributed by atoms with Gasteiger partial charge in [0.1, 0.15) is 0 Å². The first kappa shape index (κ1) is 18.1. The third-order valence-electron chi connectivity index (χ3n) is 4.04. The normalized spacial score (nSPS) is 12.5. The molecular formula is C20H17N3O4S. The molecule has 2 aromatic carbocycles. The summed E-state index contributed by atoms with van der Waals surface area (Å²) in [4.78, 5) is 13.3. The summed E-state index contributed by atoms with van der Waals surface area (Å²) in [7, 11) is 0. The fourth-order valence-corrected chi connectivity index (χ4v) is 3.04. The van der Waals surface area contributed by atoms with Crippen LogP contribution in [-0.4, -0.2) is 29.2 Å². The molecule has 7 nitrogen and oxygen atoms in total. The summed E-state index contributed by atoms with van der Waals surface area (Å²) >= 11 is 1.68. The fourth-order valence-electron chi connectivity index (χ4n) is 2.63. The van der Waals surface area contributed by atoms with Gasteiger partial charge in [0.15, 0.2) is 11.5 Å². The van der Waals surface area contributed by atoms with Crippen LogP contribution in [-0.2, 0) is 11.2 Å². The topological polar surface area (TPSA) is 86.5 Å². The molecule has 0 unspecified atom stereocenters. The second-order valence-corrected chi connectivity index (χ2v) is 6.84. The van der Waals surface area contributed by atoms with Crippen LogP contribution in [0.15, 0.2) is 57.9 Å². The molecule has 1 aliphatic heterocycles. The fraction of sp³-hybridized carbons (Fsp3) is 0.150. The van der Waals surface area contributed by atoms with Gasteiger partial charge in [0.05, 0.1) is 6.42 Å². The van der Waals surface area contributed by atoms with Crippen molar-refractivity contribution in [3.05, 3.63) is 65.6 Å². The lowest BCUT2D eigenvalue weighted by molar-refractivity contribution is -0.112. The van der Waals surface area contributed by atoms with E-state index in [1.807, 2.05) is 36.6 Å². The molecule has 4 rings (SSSR count). The molecule has 0 aliphatic carbocycles. The molecular weight excluding hydrogens is 378 g/mol. The number of carbonyl (C=O) groups is 1. The molecule has 0 saturated heterocycles. The number of thioether (sulfide) groups is 1. The summed E-state index contributed by atoms with van der Waals surface area (Å²) in [6.45, 7) is 0.212. The molecule has 2 heterocycles. The predicted octanol–water partition coefficient (Wildman–Crippen LogP) is 3.76. The third-order valence-corrected chi connectivity index (χ3v) is 4.78. The van der Waals surface area contributed by atoms with Crippen LogP contribution in [0, 0.1) is 0 Å². The second kappa shape index (κ2) is 8.18. The maximum atomic E-state index is 12.1. The monoisotopic (exact) mass is 395 g/mol. The minimum atomic E-state index is -0.364. The van der Waals surface area contributed by atoms with Crippen molar-refractivity contribution in [3.8, 4) is 11.5 Å². The molecule has 28 heavy (non-hydrogen) atoms. The Hall–Kier alpha value is -3.26. The largest absolute Gasteiger partial charge is 0.454 e. The van der Waals surface area contributed by atoms with Gasteiger partial charge in [-0.05, 0) is 47.7 Å². The number of aromatic nitrogens is 2. The number of hydrogen-bond acceptors (Lipinski definition) is 7. The van der Waals surface area contributed by atoms with Crippen molar-refractivity contribution in [2.45, 2.75) is 11.3 Å². The van der Waals surface area contributed by atoms with E-state index < -0.39 is 0 Å². The first-order valence-electron chi connectivity index (χ1n) is 8.53. The standard InChI is InChI=1S/C20H17N3O4S/c1-28-15-6-2-14(3-7-15)11-19-22-23-20(27-19)21-18(24)9-5-13-4-8-16-17(10-13)26-12-25-16/h2-10H,11-12H2,1H3,(H,21,23,24). The number of fused-ring (bicyclic) bond motifs is 1. The maximum absolute atomic E-state index is 12.1. The number of carbonyl (C=O) groups excluding carboxylic acids is 1. The Bertz CT molecular complexity index is 1010. The lowest BCUT2D eigenvalue weighted by Gasteiger charge is -1.99. The minimum Gasteiger partial charge on any atom is -0.454 e. The average molecular weight is 395 g/mol. The quantitative estimate of drug-likeness (QED) is 0.502. The number of rotatable bonds is 6. The van der Waals surface area contributed by atoms with Gasteiger partial charge < -0.3 is 13.9 Å². The molecule has 8 heteroatoms. The summed E-state index contributed by atoms with van der Waals surface area (Å²) in [6, 6.07) is 13.6. The molecule has 0 spiro atoms. The van der Waals surface area contributed by atoms with Crippen molar-refractivity contribution < 1.29 is 18.7 Å². The first-order chi connectivity index (χ1) is 13.7. The zero-order valence-corrected chi connectivity index (χ0v) is 15.9. The van der Waals surface area contributed by atoms with E-state index in [9.17, 15) is 4.79 Å². The zero-order valence-electron chi connectivity index (χ0n) is 15.0. The molecule has 1 amide bonds. The van der Waals surface area contributed by atoms with Gasteiger partial charge in [-0.2, -0.15) is 0 Å². The number of hydrogen-bond donors (Lipinski definition) is 1. The molecule has 142 valence electrons. The molecule has 0 atom stereocenters. The summed E-state index contributed by atoms with van der Waals surface area (Å²) in [5, 5.41) is 10.4. The van der Waals surface area contributed by atoms with Crippen molar-refractivity contribution in [1.29, 1.82) is 0 Å². The maximum Gasteiger partial charge on any atom is 0.322 e. The lowest BCUT2D eigenvalue weighted by Crippen LogP contribution is -2.07. The Morgan fingerprint density at radius 2 is 1.96 bits per heavy atom. The summed E-state index contributed by atoms with van der Waals surface area (Å²) in [5.74, 6) is 1.43. The minimum absolute atomic E-state index is 0.0658. The number of ether oxygens (including phenoxy) is 2. The average Bonchev–Trinajstić information content (AvgIpc) is 3.36. The third kappa shape index (κ3) is 4.34. The van der Waals surface area contributed by atoms with Crippen LogP contribution in [0.3, 0.4) is 0 Å². The van der Waals surface area contributed by atoms with Crippen LogP contribution in [0.5, 0.6) is 11.5 Å². The van der Waals surface area contributed by atoms with E-state index in [4.69, 9.17) is 13.9 Å². The number of nitrogens with zero attached hydrogens (tertiary/aromatic N) is 2. The van der Waals surface area contributed by atoms with E-state index in [1.54, 1.807) is 30.0 Å². The predicted molar refractivity (Wildman–Crippen MR) is 106 cm³/mol. The summed E-state index contributed by atoms with van der Waals surface area (Å²) < 4.78 is 16.1. The highest BCUT2D eigenvalue weighted by atomic mass is 32.2. The van der Waals surface area contributed by atoms with Crippen LogP contribution < -0.4 is 14.8 Å². The van der Waals surface area contributed by atoms with Crippen LogP contribution in [0.1, 0.15) is 17.0 Å². The Morgan fingerprint density at radius 1 is 1.14 bits per heavy atom. The molecule has 0 radical (unpaired) electrons. The van der Waals surface area contributed by atoms with Gasteiger partial charge in [-0.15, -0.1) is 16.9 Å². The van der Waals surface area contributed by atoms with Crippen LogP contribution in [0.4, 0.5) is 6.01 Å². The van der Waals surface area contributed by atoms with Crippen molar-refractivity contribution in [1.82, 2.24) is 10.2 Å². The van der Waals surface area contributed by atoms with E-state index in [0.717, 1.165) is 11.1 Å². The van der Waals surface area contributed by atoms with Gasteiger partial charge in [-0.25, -0.2) is 0 Å². The number of anilines is 1. The van der Waals surface area contributed by atoms with Gasteiger partial charge >= 0.3 is 6.01 Å². The Morgan fingerprint density at radius 3 is 2.79 bits per heavy atom. The van der Waals surface area contributed by atoms with Crippen molar-refractivity contribution >= 4 is 29.8 Å². The van der Waals surface area contributed by atoms with Crippen molar-refractivity contribution in [2.24, 2.45) is 0 Å². The van der Waals surface area contributed by atoms with E-state index in [1.165, 1.54) is 11.0 Å². The first-order valence-corrected chi connectivity index (χ1v) is 9.76. The van der Waals surface area contributed by atoms with Crippen LogP contribution >= 0.6 is 11.8 Å². The highest BCUT2D eigenvalue weighted by Crippen LogP contribution is 2.32. The zero-order chi connectivity index (χ0) is 19.3.